The molecule has 4 heterocycles. The number of aliphatic hydroxyl groups excluding tert-OH is 1. The Morgan fingerprint density at radius 2 is 2.07 bits per heavy atom. The summed E-state index contributed by atoms with van der Waals surface area (Å²) >= 11 is 1.71. The number of nitrogens with zero attached hydrogens (tertiary/aromatic N) is 4. The maximum Gasteiger partial charge on any atom is 0.143 e. The first-order valence-electron chi connectivity index (χ1n) is 15.4. The van der Waals surface area contributed by atoms with Crippen LogP contribution in [0.4, 0.5) is 5.69 Å². The number of carbonyl (C=O) groups is 1. The number of aromatic nitrogens is 1. The highest BCUT2D eigenvalue weighted by Crippen LogP contribution is 2.50. The van der Waals surface area contributed by atoms with E-state index in [0.29, 0.717) is 24.8 Å². The Kier molecular flexibility index (Phi) is 11.5. The topological polar surface area (TPSA) is 114 Å². The van der Waals surface area contributed by atoms with Crippen molar-refractivity contribution < 1.29 is 9.90 Å². The van der Waals surface area contributed by atoms with E-state index in [-0.39, 0.29) is 5.41 Å². The number of pyridine rings is 1. The van der Waals surface area contributed by atoms with Gasteiger partial charge in [-0.3, -0.25) is 14.8 Å². The number of benzene rings is 1. The normalized spacial score (nSPS) is 18.4. The number of fused-ring (bicyclic) bond motifs is 2. The molecule has 3 aromatic rings. The summed E-state index contributed by atoms with van der Waals surface area (Å²) in [6, 6.07) is 10.9. The predicted molar refractivity (Wildman–Crippen MR) is 177 cm³/mol. The van der Waals surface area contributed by atoms with Gasteiger partial charge in [0.25, 0.3) is 0 Å². The van der Waals surface area contributed by atoms with Crippen LogP contribution in [-0.4, -0.2) is 60.4 Å². The number of allylic oxidation sites excluding steroid dienone is 2. The van der Waals surface area contributed by atoms with Crippen molar-refractivity contribution >= 4 is 39.7 Å². The summed E-state index contributed by atoms with van der Waals surface area (Å²) in [7, 11) is 1.94. The van der Waals surface area contributed by atoms with E-state index in [1.165, 1.54) is 12.0 Å². The van der Waals surface area contributed by atoms with E-state index in [2.05, 4.69) is 39.8 Å². The van der Waals surface area contributed by atoms with Gasteiger partial charge in [0.05, 0.1) is 41.2 Å². The maximum absolute atomic E-state index is 11.0. The lowest BCUT2D eigenvalue weighted by Crippen LogP contribution is -2.24. The number of rotatable bonds is 8. The number of nitriles is 1. The Bertz CT molecular complexity index is 1490. The second-order valence-electron chi connectivity index (χ2n) is 11.3. The molecule has 0 radical (unpaired) electrons. The van der Waals surface area contributed by atoms with Gasteiger partial charge in [-0.15, -0.1) is 11.3 Å². The van der Waals surface area contributed by atoms with Crippen LogP contribution in [0, 0.1) is 16.7 Å². The molecule has 1 unspecified atom stereocenters. The Morgan fingerprint density at radius 1 is 1.26 bits per heavy atom. The molecule has 1 aliphatic carbocycles. The third-order valence-corrected chi connectivity index (χ3v) is 9.28. The van der Waals surface area contributed by atoms with Crippen molar-refractivity contribution in [2.75, 3.05) is 32.1 Å². The van der Waals surface area contributed by atoms with Crippen LogP contribution in [0.3, 0.4) is 0 Å². The zero-order valence-corrected chi connectivity index (χ0v) is 26.6. The van der Waals surface area contributed by atoms with Gasteiger partial charge < -0.3 is 15.7 Å². The monoisotopic (exact) mass is 600 g/mol. The highest BCUT2D eigenvalue weighted by molar-refractivity contribution is 7.19. The molecule has 3 aliphatic rings. The summed E-state index contributed by atoms with van der Waals surface area (Å²) in [4.78, 5) is 16.8. The number of thiophene rings is 1. The average molecular weight is 601 g/mol. The van der Waals surface area contributed by atoms with Crippen LogP contribution >= 0.6 is 11.3 Å². The van der Waals surface area contributed by atoms with Crippen LogP contribution in [0.25, 0.3) is 21.3 Å². The number of hydrogen-bond donors (Lipinski definition) is 3. The molecule has 9 heteroatoms. The number of aryl methyl sites for hydroxylation is 1. The SMILES string of the molecule is CC.CN(Cc1cc2nccc(-c3cc(C#N)cc4c3NCCC4)c2s1)/N=C\C(=C/C=O)C1(C)CC1.OCC1CCCN1. The van der Waals surface area contributed by atoms with Crippen molar-refractivity contribution in [3.63, 3.8) is 0 Å². The van der Waals surface area contributed by atoms with E-state index in [9.17, 15) is 10.1 Å². The summed E-state index contributed by atoms with van der Waals surface area (Å²) in [5.41, 5.74) is 7.25. The molecule has 1 saturated carbocycles. The van der Waals surface area contributed by atoms with Crippen molar-refractivity contribution in [1.82, 2.24) is 15.3 Å². The number of aliphatic hydroxyl groups is 1. The van der Waals surface area contributed by atoms with E-state index in [1.807, 2.05) is 56.5 Å². The van der Waals surface area contributed by atoms with Gasteiger partial charge in [-0.2, -0.15) is 10.4 Å². The van der Waals surface area contributed by atoms with E-state index >= 15 is 0 Å². The van der Waals surface area contributed by atoms with Crippen LogP contribution in [-0.2, 0) is 17.8 Å². The second-order valence-corrected chi connectivity index (χ2v) is 12.5. The second kappa shape index (κ2) is 15.2. The Balaban J connectivity index is 0.000000409. The molecule has 6 rings (SSSR count). The molecule has 2 aliphatic heterocycles. The van der Waals surface area contributed by atoms with E-state index in [4.69, 9.17) is 5.11 Å². The van der Waals surface area contributed by atoms with E-state index in [1.54, 1.807) is 17.4 Å². The summed E-state index contributed by atoms with van der Waals surface area (Å²) in [6.07, 6.45) is 12.8. The number of carbonyl (C=O) groups excluding carboxylic acids is 1. The van der Waals surface area contributed by atoms with Crippen molar-refractivity contribution in [3.05, 3.63) is 58.1 Å². The van der Waals surface area contributed by atoms with E-state index in [0.717, 1.165) is 89.0 Å². The van der Waals surface area contributed by atoms with Crippen LogP contribution in [0.15, 0.2) is 47.2 Å². The number of hydrogen-bond acceptors (Lipinski definition) is 9. The number of nitrogens with one attached hydrogen (secondary N) is 2. The highest BCUT2D eigenvalue weighted by Gasteiger charge is 2.40. The molecule has 2 fully saturated rings. The summed E-state index contributed by atoms with van der Waals surface area (Å²) in [5.74, 6) is 0. The minimum atomic E-state index is 0.0901. The molecular weight excluding hydrogens is 556 g/mol. The fourth-order valence-corrected chi connectivity index (χ4v) is 6.63. The van der Waals surface area contributed by atoms with Crippen LogP contribution in [0.5, 0.6) is 0 Å². The van der Waals surface area contributed by atoms with Gasteiger partial charge in [0.15, 0.2) is 0 Å². The smallest absolute Gasteiger partial charge is 0.143 e. The fourth-order valence-electron chi connectivity index (χ4n) is 5.44. The largest absolute Gasteiger partial charge is 0.395 e. The molecule has 3 N–H and O–H groups in total. The molecule has 1 saturated heterocycles. The molecule has 1 aromatic carbocycles. The van der Waals surface area contributed by atoms with Gasteiger partial charge in [0.1, 0.15) is 6.29 Å². The zero-order chi connectivity index (χ0) is 30.8. The van der Waals surface area contributed by atoms with Gasteiger partial charge in [-0.1, -0.05) is 20.8 Å². The first kappa shape index (κ1) is 32.3. The van der Waals surface area contributed by atoms with Crippen LogP contribution in [0.1, 0.15) is 68.9 Å². The lowest BCUT2D eigenvalue weighted by atomic mass is 9.93. The fraction of sp³-hybridized carbons (Fsp3) is 0.471. The van der Waals surface area contributed by atoms with Gasteiger partial charge >= 0.3 is 0 Å². The molecule has 228 valence electrons. The number of anilines is 1. The molecule has 8 nitrogen and oxygen atoms in total. The third-order valence-electron chi connectivity index (χ3n) is 8.13. The highest BCUT2D eigenvalue weighted by atomic mass is 32.1. The molecule has 0 amide bonds. The van der Waals surface area contributed by atoms with Gasteiger partial charge in [0.2, 0.25) is 0 Å². The molecule has 1 atom stereocenters. The van der Waals surface area contributed by atoms with Crippen molar-refractivity contribution in [2.24, 2.45) is 10.5 Å². The van der Waals surface area contributed by atoms with Crippen LogP contribution in [0.2, 0.25) is 0 Å². The third kappa shape index (κ3) is 8.08. The first-order valence-corrected chi connectivity index (χ1v) is 16.2. The number of aldehydes is 1. The Morgan fingerprint density at radius 3 is 2.72 bits per heavy atom. The molecule has 0 spiro atoms. The quantitative estimate of drug-likeness (QED) is 0.120. The Hall–Kier alpha value is -3.58. The van der Waals surface area contributed by atoms with Gasteiger partial charge in [0, 0.05) is 47.5 Å². The minimum Gasteiger partial charge on any atom is -0.395 e. The van der Waals surface area contributed by atoms with Gasteiger partial charge in [-0.25, -0.2) is 0 Å². The van der Waals surface area contributed by atoms with Crippen LogP contribution < -0.4 is 10.6 Å². The Labute approximate surface area is 259 Å². The standard InChI is InChI=1S/C27H27N5OS.C5H11NO.C2H6/c1-27(7-8-27)20(6-11-33)16-31-32(2)17-21-14-24-26(34-21)22(5-10-29-24)23-13-18(15-28)12-19-4-3-9-30-25(19)23;7-4-5-2-1-3-6-5;1-2/h5-6,10-14,16,30H,3-4,7-9,17H2,1-2H3;5-7H,1-4H2;1-2H3/b20-6+,31-16-;;. The summed E-state index contributed by atoms with van der Waals surface area (Å²) in [6.45, 7) is 9.16. The summed E-state index contributed by atoms with van der Waals surface area (Å²) < 4.78 is 1.12. The zero-order valence-electron chi connectivity index (χ0n) is 25.8. The summed E-state index contributed by atoms with van der Waals surface area (Å²) in [5, 5.41) is 31.3. The molecule has 2 aromatic heterocycles. The molecular formula is C34H44N6O2S. The van der Waals surface area contributed by atoms with E-state index < -0.39 is 0 Å². The lowest BCUT2D eigenvalue weighted by molar-refractivity contribution is -0.104. The first-order chi connectivity index (χ1) is 20.9. The lowest BCUT2D eigenvalue weighted by Gasteiger charge is -2.22. The minimum absolute atomic E-state index is 0.0901. The molecule has 0 bridgehead atoms. The van der Waals surface area contributed by atoms with Crippen molar-refractivity contribution in [1.29, 1.82) is 5.26 Å². The number of hydrazone groups is 1. The molecule has 43 heavy (non-hydrogen) atoms. The maximum atomic E-state index is 11.0. The average Bonchev–Trinajstić information content (AvgIpc) is 3.39. The van der Waals surface area contributed by atoms with Crippen molar-refractivity contribution in [3.8, 4) is 17.2 Å². The van der Waals surface area contributed by atoms with Crippen molar-refractivity contribution in [2.45, 2.75) is 71.9 Å². The predicted octanol–water partition coefficient (Wildman–Crippen LogP) is 6.29. The van der Waals surface area contributed by atoms with Gasteiger partial charge in [-0.05, 0) is 92.0 Å².